The van der Waals surface area contributed by atoms with Crippen LogP contribution in [0.25, 0.3) is 11.0 Å². The van der Waals surface area contributed by atoms with E-state index in [1.165, 1.54) is 0 Å². The molecule has 0 amide bonds. The Morgan fingerprint density at radius 2 is 1.87 bits per heavy atom. The van der Waals surface area contributed by atoms with E-state index in [-0.39, 0.29) is 16.9 Å². The van der Waals surface area contributed by atoms with E-state index in [9.17, 15) is 14.7 Å². The predicted octanol–water partition coefficient (Wildman–Crippen LogP) is 3.52. The van der Waals surface area contributed by atoms with Crippen molar-refractivity contribution in [2.45, 2.75) is 6.10 Å². The number of ether oxygens (including phenoxy) is 1. The van der Waals surface area contributed by atoms with E-state index in [1.807, 2.05) is 0 Å². The van der Waals surface area contributed by atoms with E-state index in [0.29, 0.717) is 16.5 Å². The van der Waals surface area contributed by atoms with Crippen molar-refractivity contribution in [3.05, 3.63) is 74.0 Å². The molecule has 23 heavy (non-hydrogen) atoms. The van der Waals surface area contributed by atoms with Gasteiger partial charge in [0.15, 0.2) is 6.10 Å². The Kier molecular flexibility index (Phi) is 3.02. The van der Waals surface area contributed by atoms with Crippen molar-refractivity contribution in [2.24, 2.45) is 0 Å². The molecule has 5 nitrogen and oxygen atoms in total. The van der Waals surface area contributed by atoms with Crippen molar-refractivity contribution in [3.63, 3.8) is 0 Å². The second kappa shape index (κ2) is 4.96. The van der Waals surface area contributed by atoms with Crippen LogP contribution in [0.2, 0.25) is 0 Å². The van der Waals surface area contributed by atoms with E-state index in [2.05, 4.69) is 15.9 Å². The fraction of sp³-hybridized carbons (Fsp3) is 0.0588. The smallest absolute Gasteiger partial charge is 0.347 e. The second-order valence-corrected chi connectivity index (χ2v) is 6.08. The third-order valence-corrected chi connectivity index (χ3v) is 4.32. The molecule has 1 N–H and O–H groups in total. The Morgan fingerprint density at radius 3 is 2.70 bits per heavy atom. The number of fused-ring (bicyclic) bond motifs is 2. The van der Waals surface area contributed by atoms with Crippen molar-refractivity contribution in [1.82, 2.24) is 0 Å². The van der Waals surface area contributed by atoms with E-state index in [1.54, 1.807) is 42.5 Å². The quantitative estimate of drug-likeness (QED) is 0.522. The summed E-state index contributed by atoms with van der Waals surface area (Å²) >= 11 is 3.31. The zero-order valence-electron chi connectivity index (χ0n) is 11.6. The van der Waals surface area contributed by atoms with Crippen LogP contribution in [-0.4, -0.2) is 11.1 Å². The number of hydrogen-bond donors (Lipinski definition) is 1. The van der Waals surface area contributed by atoms with Crippen LogP contribution in [0, 0.1) is 0 Å². The van der Waals surface area contributed by atoms with Gasteiger partial charge in [0, 0.05) is 10.0 Å². The van der Waals surface area contributed by atoms with Gasteiger partial charge in [-0.2, -0.15) is 0 Å². The first kappa shape index (κ1) is 14.0. The Morgan fingerprint density at radius 1 is 1.09 bits per heavy atom. The molecule has 1 unspecified atom stereocenters. The van der Waals surface area contributed by atoms with Crippen molar-refractivity contribution < 1.29 is 19.1 Å². The lowest BCUT2D eigenvalue weighted by atomic mass is 9.99. The van der Waals surface area contributed by atoms with Crippen LogP contribution in [-0.2, 0) is 4.74 Å². The second-order valence-electron chi connectivity index (χ2n) is 5.16. The first-order valence-electron chi connectivity index (χ1n) is 6.81. The molecule has 0 saturated heterocycles. The molecule has 0 fully saturated rings. The van der Waals surface area contributed by atoms with Crippen LogP contribution in [0.4, 0.5) is 0 Å². The number of rotatable bonds is 1. The SMILES string of the molecule is O=C1OC(c2c(O)c3cc(Br)ccc3oc2=O)c2ccccc21. The van der Waals surface area contributed by atoms with Gasteiger partial charge >= 0.3 is 11.6 Å². The van der Waals surface area contributed by atoms with Crippen LogP contribution >= 0.6 is 15.9 Å². The zero-order chi connectivity index (χ0) is 16.1. The summed E-state index contributed by atoms with van der Waals surface area (Å²) in [5.74, 6) is -0.772. The molecule has 2 aromatic carbocycles. The summed E-state index contributed by atoms with van der Waals surface area (Å²) < 4.78 is 11.3. The molecule has 3 aromatic rings. The van der Waals surface area contributed by atoms with E-state index < -0.39 is 17.7 Å². The van der Waals surface area contributed by atoms with Gasteiger partial charge in [0.2, 0.25) is 0 Å². The van der Waals surface area contributed by atoms with Gasteiger partial charge in [-0.05, 0) is 24.3 Å². The average Bonchev–Trinajstić information content (AvgIpc) is 2.86. The van der Waals surface area contributed by atoms with Gasteiger partial charge < -0.3 is 14.3 Å². The minimum atomic E-state index is -0.974. The zero-order valence-corrected chi connectivity index (χ0v) is 13.2. The molecule has 114 valence electrons. The molecule has 1 aliphatic heterocycles. The number of carbonyl (C=O) groups is 1. The molecule has 0 spiro atoms. The Balaban J connectivity index is 2.00. The number of hydrogen-bond acceptors (Lipinski definition) is 5. The highest BCUT2D eigenvalue weighted by Crippen LogP contribution is 2.40. The van der Waals surface area contributed by atoms with Crippen molar-refractivity contribution in [1.29, 1.82) is 0 Å². The molecule has 2 heterocycles. The third kappa shape index (κ3) is 2.06. The predicted molar refractivity (Wildman–Crippen MR) is 85.5 cm³/mol. The monoisotopic (exact) mass is 372 g/mol. The maximum atomic E-state index is 12.3. The van der Waals surface area contributed by atoms with Crippen LogP contribution in [0.1, 0.15) is 27.6 Å². The lowest BCUT2D eigenvalue weighted by molar-refractivity contribution is 0.0448. The van der Waals surface area contributed by atoms with Gasteiger partial charge in [-0.1, -0.05) is 34.1 Å². The summed E-state index contributed by atoms with van der Waals surface area (Å²) in [6, 6.07) is 11.7. The number of aromatic hydroxyl groups is 1. The molecule has 4 rings (SSSR count). The molecule has 6 heteroatoms. The molecule has 0 bridgehead atoms. The van der Waals surface area contributed by atoms with Gasteiger partial charge in [-0.3, -0.25) is 0 Å². The fourth-order valence-corrected chi connectivity index (χ4v) is 3.13. The summed E-state index contributed by atoms with van der Waals surface area (Å²) in [4.78, 5) is 24.3. The van der Waals surface area contributed by atoms with Crippen LogP contribution in [0.5, 0.6) is 5.75 Å². The highest BCUT2D eigenvalue weighted by molar-refractivity contribution is 9.10. The van der Waals surface area contributed by atoms with Gasteiger partial charge in [0.25, 0.3) is 0 Å². The standard InChI is InChI=1S/C17H9BrO5/c18-8-5-6-12-11(7-8)14(19)13(17(21)22-12)15-9-3-1-2-4-10(9)16(20)23-15/h1-7,15,19H. The molecule has 1 atom stereocenters. The summed E-state index contributed by atoms with van der Waals surface area (Å²) in [7, 11) is 0. The van der Waals surface area contributed by atoms with Crippen LogP contribution < -0.4 is 5.63 Å². The summed E-state index contributed by atoms with van der Waals surface area (Å²) in [5.41, 5.74) is 0.373. The maximum Gasteiger partial charge on any atom is 0.347 e. The van der Waals surface area contributed by atoms with E-state index >= 15 is 0 Å². The number of cyclic esters (lactones) is 1. The lowest BCUT2D eigenvalue weighted by Crippen LogP contribution is -2.14. The van der Waals surface area contributed by atoms with Gasteiger partial charge in [0.05, 0.1) is 10.9 Å². The molecular weight excluding hydrogens is 364 g/mol. The Bertz CT molecular complexity index is 1020. The Labute approximate surface area is 138 Å². The van der Waals surface area contributed by atoms with Crippen molar-refractivity contribution in [2.75, 3.05) is 0 Å². The normalized spacial score (nSPS) is 16.4. The van der Waals surface area contributed by atoms with Crippen molar-refractivity contribution in [3.8, 4) is 5.75 Å². The van der Waals surface area contributed by atoms with Crippen LogP contribution in [0.3, 0.4) is 0 Å². The number of carbonyl (C=O) groups excluding carboxylic acids is 1. The number of benzene rings is 2. The molecule has 1 aliphatic rings. The number of halogens is 1. The molecule has 1 aromatic heterocycles. The maximum absolute atomic E-state index is 12.3. The molecule has 0 saturated carbocycles. The van der Waals surface area contributed by atoms with E-state index in [4.69, 9.17) is 9.15 Å². The summed E-state index contributed by atoms with van der Waals surface area (Å²) in [6.07, 6.45) is -0.974. The molecule has 0 radical (unpaired) electrons. The topological polar surface area (TPSA) is 76.7 Å². The lowest BCUT2D eigenvalue weighted by Gasteiger charge is -2.12. The summed E-state index contributed by atoms with van der Waals surface area (Å²) in [5, 5.41) is 10.9. The minimum absolute atomic E-state index is 0.0751. The molecule has 0 aliphatic carbocycles. The van der Waals surface area contributed by atoms with Crippen molar-refractivity contribution >= 4 is 32.9 Å². The van der Waals surface area contributed by atoms with E-state index in [0.717, 1.165) is 4.47 Å². The number of esters is 1. The van der Waals surface area contributed by atoms with Gasteiger partial charge in [-0.15, -0.1) is 0 Å². The average molecular weight is 373 g/mol. The largest absolute Gasteiger partial charge is 0.506 e. The first-order chi connectivity index (χ1) is 11.1. The molecular formula is C17H9BrO5. The fourth-order valence-electron chi connectivity index (χ4n) is 2.76. The highest BCUT2D eigenvalue weighted by atomic mass is 79.9. The highest BCUT2D eigenvalue weighted by Gasteiger charge is 2.36. The third-order valence-electron chi connectivity index (χ3n) is 3.82. The minimum Gasteiger partial charge on any atom is -0.506 e. The van der Waals surface area contributed by atoms with Gasteiger partial charge in [-0.25, -0.2) is 9.59 Å². The first-order valence-corrected chi connectivity index (χ1v) is 7.60. The van der Waals surface area contributed by atoms with Gasteiger partial charge in [0.1, 0.15) is 16.9 Å². The van der Waals surface area contributed by atoms with Crippen LogP contribution in [0.15, 0.2) is 56.1 Å². The Hall–Kier alpha value is -2.60. The summed E-state index contributed by atoms with van der Waals surface area (Å²) in [6.45, 7) is 0.